The number of para-hydroxylation sites is 1. The SMILES string of the molecule is Cc1cc([C@@H](C)Nc2ccccc2C(=O)O)c2cc([C@@H]3CCCOC3)c(C#N)nc2c1. The van der Waals surface area contributed by atoms with Crippen LogP contribution in [0.5, 0.6) is 0 Å². The fraction of sp³-hybridized carbons (Fsp3) is 0.320. The van der Waals surface area contributed by atoms with Crippen molar-refractivity contribution < 1.29 is 14.6 Å². The number of carboxylic acids is 1. The highest BCUT2D eigenvalue weighted by Crippen LogP contribution is 2.34. The second-order valence-corrected chi connectivity index (χ2v) is 8.09. The number of benzene rings is 2. The van der Waals surface area contributed by atoms with Gasteiger partial charge in [-0.1, -0.05) is 18.2 Å². The molecule has 0 radical (unpaired) electrons. The number of aromatic nitrogens is 1. The molecule has 0 bridgehead atoms. The minimum absolute atomic E-state index is 0.158. The molecular weight excluding hydrogens is 390 g/mol. The molecule has 2 aromatic carbocycles. The van der Waals surface area contributed by atoms with Gasteiger partial charge in [0.25, 0.3) is 0 Å². The van der Waals surface area contributed by atoms with E-state index in [2.05, 4.69) is 28.5 Å². The Morgan fingerprint density at radius 3 is 2.84 bits per heavy atom. The fourth-order valence-electron chi connectivity index (χ4n) is 4.32. The van der Waals surface area contributed by atoms with Crippen LogP contribution in [0.2, 0.25) is 0 Å². The Labute approximate surface area is 181 Å². The third-order valence-corrected chi connectivity index (χ3v) is 5.84. The lowest BCUT2D eigenvalue weighted by Gasteiger charge is -2.24. The number of nitrogens with zero attached hydrogens (tertiary/aromatic N) is 2. The minimum Gasteiger partial charge on any atom is -0.478 e. The van der Waals surface area contributed by atoms with Gasteiger partial charge in [0.1, 0.15) is 11.8 Å². The number of ether oxygens (including phenoxy) is 1. The number of pyridine rings is 1. The van der Waals surface area contributed by atoms with Gasteiger partial charge in [-0.05, 0) is 67.6 Å². The van der Waals surface area contributed by atoms with Crippen LogP contribution in [0, 0.1) is 18.3 Å². The summed E-state index contributed by atoms with van der Waals surface area (Å²) in [4.78, 5) is 16.3. The first-order valence-corrected chi connectivity index (χ1v) is 10.5. The molecule has 31 heavy (non-hydrogen) atoms. The number of fused-ring (bicyclic) bond motifs is 1. The van der Waals surface area contributed by atoms with Crippen molar-refractivity contribution >= 4 is 22.6 Å². The smallest absolute Gasteiger partial charge is 0.337 e. The van der Waals surface area contributed by atoms with Gasteiger partial charge < -0.3 is 15.2 Å². The van der Waals surface area contributed by atoms with E-state index in [4.69, 9.17) is 4.74 Å². The van der Waals surface area contributed by atoms with Gasteiger partial charge >= 0.3 is 5.97 Å². The van der Waals surface area contributed by atoms with Crippen molar-refractivity contribution in [3.63, 3.8) is 0 Å². The van der Waals surface area contributed by atoms with Crippen molar-refractivity contribution in [1.29, 1.82) is 5.26 Å². The summed E-state index contributed by atoms with van der Waals surface area (Å²) in [6.45, 7) is 5.36. The number of hydrogen-bond acceptors (Lipinski definition) is 5. The summed E-state index contributed by atoms with van der Waals surface area (Å²) in [5.74, 6) is -0.810. The van der Waals surface area contributed by atoms with Gasteiger partial charge in [-0.25, -0.2) is 9.78 Å². The van der Waals surface area contributed by atoms with Gasteiger partial charge in [-0.2, -0.15) is 5.26 Å². The molecule has 1 aliphatic rings. The Hall–Kier alpha value is -3.43. The number of anilines is 1. The monoisotopic (exact) mass is 415 g/mol. The van der Waals surface area contributed by atoms with Crippen molar-refractivity contribution in [3.05, 3.63) is 70.4 Å². The Kier molecular flexibility index (Phi) is 5.88. The summed E-state index contributed by atoms with van der Waals surface area (Å²) in [6, 6.07) is 15.2. The van der Waals surface area contributed by atoms with E-state index in [1.54, 1.807) is 18.2 Å². The standard InChI is InChI=1S/C25H25N3O3/c1-15-10-19(16(2)27-22-8-4-3-7-18(22)25(29)30)21-12-20(17-6-5-9-31-14-17)24(13-26)28-23(21)11-15/h3-4,7-8,10-12,16-17,27H,5-6,9,14H2,1-2H3,(H,29,30)/t16-,17-/m1/s1. The highest BCUT2D eigenvalue weighted by Gasteiger charge is 2.23. The Morgan fingerprint density at radius 1 is 1.32 bits per heavy atom. The summed E-state index contributed by atoms with van der Waals surface area (Å²) in [7, 11) is 0. The number of aromatic carboxylic acids is 1. The second kappa shape index (κ2) is 8.75. The first-order chi connectivity index (χ1) is 15.0. The number of nitrogens with one attached hydrogen (secondary N) is 1. The number of carbonyl (C=O) groups is 1. The maximum absolute atomic E-state index is 11.6. The maximum atomic E-state index is 11.6. The van der Waals surface area contributed by atoms with E-state index in [0.29, 0.717) is 18.0 Å². The average molecular weight is 415 g/mol. The van der Waals surface area contributed by atoms with Crippen LogP contribution < -0.4 is 5.32 Å². The first-order valence-electron chi connectivity index (χ1n) is 10.5. The molecule has 2 heterocycles. The van der Waals surface area contributed by atoms with Crippen LogP contribution >= 0.6 is 0 Å². The summed E-state index contributed by atoms with van der Waals surface area (Å²) in [5, 5.41) is 23.6. The Bertz CT molecular complexity index is 1180. The summed E-state index contributed by atoms with van der Waals surface area (Å²) >= 11 is 0. The van der Waals surface area contributed by atoms with Gasteiger partial charge in [-0.15, -0.1) is 0 Å². The molecule has 2 atom stereocenters. The van der Waals surface area contributed by atoms with Crippen LogP contribution in [0.3, 0.4) is 0 Å². The highest BCUT2D eigenvalue weighted by molar-refractivity contribution is 5.94. The molecule has 0 aliphatic carbocycles. The van der Waals surface area contributed by atoms with E-state index in [-0.39, 0.29) is 17.5 Å². The van der Waals surface area contributed by atoms with Gasteiger partial charge in [0.05, 0.1) is 17.7 Å². The van der Waals surface area contributed by atoms with Crippen LogP contribution in [0.15, 0.2) is 42.5 Å². The molecule has 158 valence electrons. The quantitative estimate of drug-likeness (QED) is 0.596. The van der Waals surface area contributed by atoms with Crippen molar-refractivity contribution in [2.24, 2.45) is 0 Å². The summed E-state index contributed by atoms with van der Waals surface area (Å²) in [6.07, 6.45) is 1.95. The summed E-state index contributed by atoms with van der Waals surface area (Å²) in [5.41, 5.74) is 5.01. The van der Waals surface area contributed by atoms with E-state index in [1.807, 2.05) is 26.0 Å². The third-order valence-electron chi connectivity index (χ3n) is 5.84. The maximum Gasteiger partial charge on any atom is 0.337 e. The molecule has 3 aromatic rings. The van der Waals surface area contributed by atoms with Crippen molar-refractivity contribution in [1.82, 2.24) is 4.98 Å². The zero-order chi connectivity index (χ0) is 22.0. The lowest BCUT2D eigenvalue weighted by molar-refractivity contribution is 0.0698. The highest BCUT2D eigenvalue weighted by atomic mass is 16.5. The fourth-order valence-corrected chi connectivity index (χ4v) is 4.32. The molecular formula is C25H25N3O3. The molecule has 0 amide bonds. The predicted octanol–water partition coefficient (Wildman–Crippen LogP) is 5.18. The molecule has 0 saturated carbocycles. The van der Waals surface area contributed by atoms with Crippen LogP contribution in [0.1, 0.15) is 64.5 Å². The van der Waals surface area contributed by atoms with E-state index in [1.165, 1.54) is 0 Å². The second-order valence-electron chi connectivity index (χ2n) is 8.09. The molecule has 4 rings (SSSR count). The molecule has 1 aliphatic heterocycles. The van der Waals surface area contributed by atoms with E-state index >= 15 is 0 Å². The molecule has 6 nitrogen and oxygen atoms in total. The Morgan fingerprint density at radius 2 is 2.13 bits per heavy atom. The normalized spacial score (nSPS) is 17.1. The van der Waals surface area contributed by atoms with Crippen LogP contribution in [-0.2, 0) is 4.74 Å². The molecule has 6 heteroatoms. The van der Waals surface area contributed by atoms with Crippen molar-refractivity contribution in [3.8, 4) is 6.07 Å². The molecule has 1 fully saturated rings. The van der Waals surface area contributed by atoms with E-state index < -0.39 is 5.97 Å². The zero-order valence-electron chi connectivity index (χ0n) is 17.7. The molecule has 1 aromatic heterocycles. The van der Waals surface area contributed by atoms with Crippen LogP contribution in [0.25, 0.3) is 10.9 Å². The lowest BCUT2D eigenvalue weighted by Crippen LogP contribution is -2.17. The topological polar surface area (TPSA) is 95.2 Å². The number of carboxylic acid groups (broad SMARTS) is 1. The summed E-state index contributed by atoms with van der Waals surface area (Å²) < 4.78 is 5.65. The zero-order valence-corrected chi connectivity index (χ0v) is 17.7. The molecule has 0 unspecified atom stereocenters. The first kappa shape index (κ1) is 20.8. The minimum atomic E-state index is -0.968. The number of hydrogen-bond donors (Lipinski definition) is 2. The number of nitriles is 1. The van der Waals surface area contributed by atoms with Gasteiger partial charge in [0, 0.05) is 29.6 Å². The molecule has 1 saturated heterocycles. The molecule has 0 spiro atoms. The van der Waals surface area contributed by atoms with Gasteiger partial charge in [0.2, 0.25) is 0 Å². The molecule has 2 N–H and O–H groups in total. The van der Waals surface area contributed by atoms with E-state index in [0.717, 1.165) is 47.0 Å². The van der Waals surface area contributed by atoms with E-state index in [9.17, 15) is 15.2 Å². The lowest BCUT2D eigenvalue weighted by atomic mass is 9.89. The van der Waals surface area contributed by atoms with Gasteiger partial charge in [-0.3, -0.25) is 0 Å². The van der Waals surface area contributed by atoms with Crippen LogP contribution in [0.4, 0.5) is 5.69 Å². The van der Waals surface area contributed by atoms with Crippen molar-refractivity contribution in [2.75, 3.05) is 18.5 Å². The van der Waals surface area contributed by atoms with Crippen LogP contribution in [-0.4, -0.2) is 29.3 Å². The number of rotatable bonds is 5. The van der Waals surface area contributed by atoms with Gasteiger partial charge in [0.15, 0.2) is 0 Å². The third kappa shape index (κ3) is 4.23. The van der Waals surface area contributed by atoms with Crippen molar-refractivity contribution in [2.45, 2.75) is 38.6 Å². The Balaban J connectivity index is 1.80. The predicted molar refractivity (Wildman–Crippen MR) is 119 cm³/mol. The largest absolute Gasteiger partial charge is 0.478 e. The average Bonchev–Trinajstić information content (AvgIpc) is 2.78. The number of aryl methyl sites for hydroxylation is 1.